The van der Waals surface area contributed by atoms with Gasteiger partial charge in [-0.3, -0.25) is 0 Å². The second-order valence-corrected chi connectivity index (χ2v) is 2.14. The van der Waals surface area contributed by atoms with Crippen LogP contribution in [0.4, 0.5) is 0 Å². The first kappa shape index (κ1) is 14.2. The highest BCUT2D eigenvalue weighted by Gasteiger charge is 2.03. The second kappa shape index (κ2) is 6.22. The minimum atomic E-state index is 0. The molecule has 0 aliphatic rings. The maximum atomic E-state index is 5.47. The molecule has 4 nitrogen and oxygen atoms in total. The van der Waals surface area contributed by atoms with E-state index < -0.39 is 0 Å². The van der Waals surface area contributed by atoms with Gasteiger partial charge in [-0.15, -0.1) is 29.9 Å². The van der Waals surface area contributed by atoms with Gasteiger partial charge in [-0.2, -0.15) is 0 Å². The van der Waals surface area contributed by atoms with Gasteiger partial charge >= 0.3 is 0 Å². The van der Waals surface area contributed by atoms with Crippen molar-refractivity contribution in [1.29, 1.82) is 0 Å². The maximum Gasteiger partial charge on any atom is 0.0841 e. The zero-order valence-corrected chi connectivity index (χ0v) is 8.78. The Kier molecular flexibility index (Phi) is 7.37. The molecule has 1 aromatic rings. The van der Waals surface area contributed by atoms with Crippen LogP contribution in [0.15, 0.2) is 0 Å². The van der Waals surface area contributed by atoms with E-state index in [0.717, 1.165) is 17.9 Å². The predicted octanol–water partition coefficient (Wildman–Crippen LogP) is 0.909. The number of nitrogens with two attached hydrogens (primary N) is 1. The molecule has 72 valence electrons. The summed E-state index contributed by atoms with van der Waals surface area (Å²) >= 11 is 0. The third kappa shape index (κ3) is 2.62. The summed E-state index contributed by atoms with van der Waals surface area (Å²) in [6, 6.07) is 0. The predicted molar refractivity (Wildman–Crippen MR) is 52.8 cm³/mol. The Morgan fingerprint density at radius 1 is 1.42 bits per heavy atom. The number of halogens is 2. The maximum absolute atomic E-state index is 5.47. The molecule has 0 spiro atoms. The summed E-state index contributed by atoms with van der Waals surface area (Å²) < 4.78 is 1.81. The number of nitrogens with zero attached hydrogens (tertiary/aromatic N) is 3. The summed E-state index contributed by atoms with van der Waals surface area (Å²) in [6.07, 6.45) is 0. The molecule has 0 radical (unpaired) electrons. The third-order valence-corrected chi connectivity index (χ3v) is 1.52. The molecular weight excluding hydrogens is 199 g/mol. The molecule has 0 atom stereocenters. The highest BCUT2D eigenvalue weighted by atomic mass is 35.5. The van der Waals surface area contributed by atoms with Crippen molar-refractivity contribution in [1.82, 2.24) is 15.0 Å². The molecule has 0 bridgehead atoms. The number of aryl methyl sites for hydroxylation is 2. The lowest BCUT2D eigenvalue weighted by Crippen LogP contribution is -2.08. The number of aromatic nitrogens is 3. The molecule has 1 rings (SSSR count). The van der Waals surface area contributed by atoms with E-state index in [0.29, 0.717) is 6.54 Å². The SMILES string of the molecule is CCn1nnc(C)c1CN.Cl.Cl. The van der Waals surface area contributed by atoms with Crippen molar-refractivity contribution in [3.05, 3.63) is 11.4 Å². The van der Waals surface area contributed by atoms with Crippen molar-refractivity contribution >= 4 is 24.8 Å². The Morgan fingerprint density at radius 3 is 2.33 bits per heavy atom. The van der Waals surface area contributed by atoms with E-state index in [2.05, 4.69) is 10.3 Å². The zero-order chi connectivity index (χ0) is 7.56. The first-order valence-corrected chi connectivity index (χ1v) is 3.38. The van der Waals surface area contributed by atoms with Crippen molar-refractivity contribution in [2.45, 2.75) is 26.9 Å². The van der Waals surface area contributed by atoms with Crippen molar-refractivity contribution in [2.75, 3.05) is 0 Å². The summed E-state index contributed by atoms with van der Waals surface area (Å²) in [6.45, 7) is 5.30. The number of hydrogen-bond acceptors (Lipinski definition) is 3. The van der Waals surface area contributed by atoms with Gasteiger partial charge in [0.15, 0.2) is 0 Å². The molecule has 0 unspecified atom stereocenters. The zero-order valence-electron chi connectivity index (χ0n) is 7.15. The van der Waals surface area contributed by atoms with Crippen molar-refractivity contribution in [3.63, 3.8) is 0 Å². The Hall–Kier alpha value is -0.320. The Morgan fingerprint density at radius 2 is 2.00 bits per heavy atom. The average molecular weight is 213 g/mol. The quantitative estimate of drug-likeness (QED) is 0.794. The minimum absolute atomic E-state index is 0. The first-order valence-electron chi connectivity index (χ1n) is 3.38. The molecule has 0 saturated heterocycles. The smallest absolute Gasteiger partial charge is 0.0841 e. The van der Waals surface area contributed by atoms with E-state index in [9.17, 15) is 0 Å². The van der Waals surface area contributed by atoms with Gasteiger partial charge in [-0.25, -0.2) is 4.68 Å². The van der Waals surface area contributed by atoms with Crippen LogP contribution < -0.4 is 5.73 Å². The minimum Gasteiger partial charge on any atom is -0.325 e. The molecular formula is C6H14Cl2N4. The van der Waals surface area contributed by atoms with E-state index in [-0.39, 0.29) is 24.8 Å². The second-order valence-electron chi connectivity index (χ2n) is 2.14. The highest BCUT2D eigenvalue weighted by molar-refractivity contribution is 5.85. The van der Waals surface area contributed by atoms with E-state index >= 15 is 0 Å². The summed E-state index contributed by atoms with van der Waals surface area (Å²) in [4.78, 5) is 0. The van der Waals surface area contributed by atoms with Gasteiger partial charge in [0, 0.05) is 13.1 Å². The molecule has 6 heteroatoms. The van der Waals surface area contributed by atoms with Crippen LogP contribution in [-0.2, 0) is 13.1 Å². The van der Waals surface area contributed by atoms with Gasteiger partial charge in [0.2, 0.25) is 0 Å². The molecule has 12 heavy (non-hydrogen) atoms. The van der Waals surface area contributed by atoms with E-state index in [1.165, 1.54) is 0 Å². The largest absolute Gasteiger partial charge is 0.325 e. The van der Waals surface area contributed by atoms with Crippen molar-refractivity contribution in [3.8, 4) is 0 Å². The standard InChI is InChI=1S/C6H12N4.2ClH/c1-3-10-6(4-7)5(2)8-9-10;;/h3-4,7H2,1-2H3;2*1H. The van der Waals surface area contributed by atoms with Crippen LogP contribution in [0.2, 0.25) is 0 Å². The Balaban J connectivity index is 0. The molecule has 0 aromatic carbocycles. The van der Waals surface area contributed by atoms with Gasteiger partial charge < -0.3 is 5.73 Å². The molecule has 2 N–H and O–H groups in total. The first-order chi connectivity index (χ1) is 4.79. The summed E-state index contributed by atoms with van der Waals surface area (Å²) in [5.74, 6) is 0. The van der Waals surface area contributed by atoms with E-state index in [1.807, 2.05) is 18.5 Å². The normalized spacial score (nSPS) is 8.58. The fourth-order valence-corrected chi connectivity index (χ4v) is 0.927. The molecule has 0 amide bonds. The fourth-order valence-electron chi connectivity index (χ4n) is 0.927. The van der Waals surface area contributed by atoms with Gasteiger partial charge in [0.1, 0.15) is 0 Å². The van der Waals surface area contributed by atoms with Crippen molar-refractivity contribution < 1.29 is 0 Å². The van der Waals surface area contributed by atoms with Crippen LogP contribution in [0.5, 0.6) is 0 Å². The average Bonchev–Trinajstić information content (AvgIpc) is 2.30. The van der Waals surface area contributed by atoms with Crippen LogP contribution in [0, 0.1) is 6.92 Å². The molecule has 0 aliphatic carbocycles. The van der Waals surface area contributed by atoms with Crippen LogP contribution >= 0.6 is 24.8 Å². The topological polar surface area (TPSA) is 56.7 Å². The Bertz CT molecular complexity index is 223. The van der Waals surface area contributed by atoms with E-state index in [4.69, 9.17) is 5.73 Å². The molecule has 0 aliphatic heterocycles. The highest BCUT2D eigenvalue weighted by Crippen LogP contribution is 2.00. The fraction of sp³-hybridized carbons (Fsp3) is 0.667. The van der Waals surface area contributed by atoms with Crippen molar-refractivity contribution in [2.24, 2.45) is 5.73 Å². The van der Waals surface area contributed by atoms with Gasteiger partial charge in [0.05, 0.1) is 11.4 Å². The lowest BCUT2D eigenvalue weighted by Gasteiger charge is -1.98. The molecule has 0 saturated carbocycles. The van der Waals surface area contributed by atoms with Crippen LogP contribution in [0.1, 0.15) is 18.3 Å². The summed E-state index contributed by atoms with van der Waals surface area (Å²) in [7, 11) is 0. The van der Waals surface area contributed by atoms with Crippen LogP contribution in [-0.4, -0.2) is 15.0 Å². The van der Waals surface area contributed by atoms with E-state index in [1.54, 1.807) is 0 Å². The molecule has 1 heterocycles. The third-order valence-electron chi connectivity index (χ3n) is 1.52. The molecule has 1 aromatic heterocycles. The van der Waals surface area contributed by atoms with Gasteiger partial charge in [0.25, 0.3) is 0 Å². The van der Waals surface area contributed by atoms with Crippen LogP contribution in [0.3, 0.4) is 0 Å². The monoisotopic (exact) mass is 212 g/mol. The Labute approximate surface area is 84.3 Å². The van der Waals surface area contributed by atoms with Gasteiger partial charge in [-0.05, 0) is 13.8 Å². The lowest BCUT2D eigenvalue weighted by molar-refractivity contribution is 0.598. The lowest BCUT2D eigenvalue weighted by atomic mass is 10.3. The van der Waals surface area contributed by atoms with Crippen LogP contribution in [0.25, 0.3) is 0 Å². The molecule has 0 fully saturated rings. The number of rotatable bonds is 2. The number of hydrogen-bond donors (Lipinski definition) is 1. The summed E-state index contributed by atoms with van der Waals surface area (Å²) in [5.41, 5.74) is 7.44. The summed E-state index contributed by atoms with van der Waals surface area (Å²) in [5, 5.41) is 7.78. The van der Waals surface area contributed by atoms with Gasteiger partial charge in [-0.1, -0.05) is 5.21 Å².